The number of hydrogen-bond donors (Lipinski definition) is 1. The van der Waals surface area contributed by atoms with E-state index in [1.807, 2.05) is 13.2 Å². The standard InChI is InChI=1S/C11H17N5S/c1-5-16(6-2)10-8-9(13-7(3)12-8)14-11(15-10)17-4/h5-6H2,1-4H3,(H,12,13,14,15). The molecule has 92 valence electrons. The van der Waals surface area contributed by atoms with Gasteiger partial charge in [0.15, 0.2) is 16.6 Å². The molecule has 2 heterocycles. The van der Waals surface area contributed by atoms with Gasteiger partial charge in [-0.25, -0.2) is 15.0 Å². The predicted molar refractivity (Wildman–Crippen MR) is 71.8 cm³/mol. The van der Waals surface area contributed by atoms with E-state index in [1.165, 1.54) is 0 Å². The second-order valence-electron chi connectivity index (χ2n) is 3.73. The molecule has 0 saturated carbocycles. The Hall–Kier alpha value is -1.30. The van der Waals surface area contributed by atoms with E-state index in [9.17, 15) is 0 Å². The van der Waals surface area contributed by atoms with Crippen LogP contribution in [0.3, 0.4) is 0 Å². The van der Waals surface area contributed by atoms with Gasteiger partial charge in [0.05, 0.1) is 0 Å². The van der Waals surface area contributed by atoms with Crippen LogP contribution in [0.1, 0.15) is 19.7 Å². The molecular formula is C11H17N5S. The zero-order valence-electron chi connectivity index (χ0n) is 10.6. The number of hydrogen-bond acceptors (Lipinski definition) is 5. The summed E-state index contributed by atoms with van der Waals surface area (Å²) in [4.78, 5) is 18.8. The Bertz CT molecular complexity index is 518. The van der Waals surface area contributed by atoms with Crippen molar-refractivity contribution in [1.29, 1.82) is 0 Å². The van der Waals surface area contributed by atoms with Crippen LogP contribution in [0.4, 0.5) is 5.82 Å². The molecule has 0 saturated heterocycles. The number of H-pyrrole nitrogens is 1. The van der Waals surface area contributed by atoms with Gasteiger partial charge in [0, 0.05) is 13.1 Å². The van der Waals surface area contributed by atoms with E-state index in [4.69, 9.17) is 0 Å². The Morgan fingerprint density at radius 1 is 1.18 bits per heavy atom. The van der Waals surface area contributed by atoms with Crippen LogP contribution in [0.5, 0.6) is 0 Å². The first-order valence-electron chi connectivity index (χ1n) is 5.72. The Morgan fingerprint density at radius 3 is 2.47 bits per heavy atom. The highest BCUT2D eigenvalue weighted by Crippen LogP contribution is 2.24. The lowest BCUT2D eigenvalue weighted by molar-refractivity contribution is 0.828. The molecule has 0 unspecified atom stereocenters. The smallest absolute Gasteiger partial charge is 0.191 e. The van der Waals surface area contributed by atoms with Crippen molar-refractivity contribution in [3.63, 3.8) is 0 Å². The largest absolute Gasteiger partial charge is 0.355 e. The first-order valence-corrected chi connectivity index (χ1v) is 6.95. The average Bonchev–Trinajstić information content (AvgIpc) is 2.70. The lowest BCUT2D eigenvalue weighted by Gasteiger charge is -2.20. The van der Waals surface area contributed by atoms with Gasteiger partial charge in [-0.3, -0.25) is 0 Å². The maximum atomic E-state index is 4.58. The average molecular weight is 251 g/mol. The highest BCUT2D eigenvalue weighted by Gasteiger charge is 2.14. The molecule has 6 heteroatoms. The fraction of sp³-hybridized carbons (Fsp3) is 0.545. The Balaban J connectivity index is 2.65. The molecule has 2 rings (SSSR count). The second-order valence-corrected chi connectivity index (χ2v) is 4.50. The summed E-state index contributed by atoms with van der Waals surface area (Å²) >= 11 is 1.54. The summed E-state index contributed by atoms with van der Waals surface area (Å²) in [6, 6.07) is 0. The molecule has 0 aliphatic rings. The maximum Gasteiger partial charge on any atom is 0.191 e. The molecule has 1 N–H and O–H groups in total. The molecular weight excluding hydrogens is 234 g/mol. The zero-order valence-corrected chi connectivity index (χ0v) is 11.4. The van der Waals surface area contributed by atoms with Crippen LogP contribution in [0.2, 0.25) is 0 Å². The molecule has 0 aliphatic heterocycles. The van der Waals surface area contributed by atoms with Crippen molar-refractivity contribution in [2.45, 2.75) is 25.9 Å². The fourth-order valence-electron chi connectivity index (χ4n) is 1.82. The van der Waals surface area contributed by atoms with E-state index in [2.05, 4.69) is 38.7 Å². The van der Waals surface area contributed by atoms with Gasteiger partial charge in [0.2, 0.25) is 0 Å². The van der Waals surface area contributed by atoms with Crippen molar-refractivity contribution in [1.82, 2.24) is 19.9 Å². The summed E-state index contributed by atoms with van der Waals surface area (Å²) in [5.41, 5.74) is 1.69. The van der Waals surface area contributed by atoms with Crippen LogP contribution in [-0.4, -0.2) is 39.3 Å². The Kier molecular flexibility index (Phi) is 3.51. The van der Waals surface area contributed by atoms with Gasteiger partial charge >= 0.3 is 0 Å². The van der Waals surface area contributed by atoms with Gasteiger partial charge in [-0.05, 0) is 27.0 Å². The number of aromatic amines is 1. The number of aromatic nitrogens is 4. The summed E-state index contributed by atoms with van der Waals surface area (Å²) in [5, 5.41) is 0.769. The SMILES string of the molecule is CCN(CC)c1nc(SC)nc2nc(C)[nH]c12. The molecule has 0 spiro atoms. The third-order valence-electron chi connectivity index (χ3n) is 2.68. The molecule has 0 amide bonds. The van der Waals surface area contributed by atoms with Crippen molar-refractivity contribution in [3.05, 3.63) is 5.82 Å². The Morgan fingerprint density at radius 2 is 1.88 bits per heavy atom. The highest BCUT2D eigenvalue weighted by atomic mass is 32.2. The lowest BCUT2D eigenvalue weighted by atomic mass is 10.4. The normalized spacial score (nSPS) is 11.1. The number of fused-ring (bicyclic) bond motifs is 1. The van der Waals surface area contributed by atoms with E-state index in [1.54, 1.807) is 11.8 Å². The van der Waals surface area contributed by atoms with Gasteiger partial charge in [0.1, 0.15) is 11.3 Å². The van der Waals surface area contributed by atoms with E-state index in [-0.39, 0.29) is 0 Å². The Labute approximate surface area is 105 Å². The summed E-state index contributed by atoms with van der Waals surface area (Å²) in [6.07, 6.45) is 1.98. The molecule has 2 aromatic heterocycles. The van der Waals surface area contributed by atoms with Crippen LogP contribution in [-0.2, 0) is 0 Å². The van der Waals surface area contributed by atoms with Crippen molar-refractivity contribution < 1.29 is 0 Å². The van der Waals surface area contributed by atoms with E-state index < -0.39 is 0 Å². The minimum Gasteiger partial charge on any atom is -0.355 e. The number of imidazole rings is 1. The quantitative estimate of drug-likeness (QED) is 0.667. The number of rotatable bonds is 4. The van der Waals surface area contributed by atoms with Gasteiger partial charge < -0.3 is 9.88 Å². The second kappa shape index (κ2) is 4.91. The lowest BCUT2D eigenvalue weighted by Crippen LogP contribution is -2.23. The van der Waals surface area contributed by atoms with Gasteiger partial charge in [-0.15, -0.1) is 0 Å². The van der Waals surface area contributed by atoms with E-state index in [0.29, 0.717) is 0 Å². The monoisotopic (exact) mass is 251 g/mol. The maximum absolute atomic E-state index is 4.58. The summed E-state index contributed by atoms with van der Waals surface area (Å²) in [5.74, 6) is 1.82. The molecule has 2 aromatic rings. The third-order valence-corrected chi connectivity index (χ3v) is 3.22. The fourth-order valence-corrected chi connectivity index (χ4v) is 2.18. The topological polar surface area (TPSA) is 57.7 Å². The zero-order chi connectivity index (χ0) is 12.4. The summed E-state index contributed by atoms with van der Waals surface area (Å²) < 4.78 is 0. The molecule has 5 nitrogen and oxygen atoms in total. The van der Waals surface area contributed by atoms with E-state index >= 15 is 0 Å². The van der Waals surface area contributed by atoms with Crippen LogP contribution in [0.15, 0.2) is 5.16 Å². The van der Waals surface area contributed by atoms with Crippen LogP contribution < -0.4 is 4.90 Å². The van der Waals surface area contributed by atoms with E-state index in [0.717, 1.165) is 41.1 Å². The molecule has 0 atom stereocenters. The van der Waals surface area contributed by atoms with Crippen molar-refractivity contribution >= 4 is 28.7 Å². The number of nitrogens with zero attached hydrogens (tertiary/aromatic N) is 4. The first kappa shape index (κ1) is 12.2. The third kappa shape index (κ3) is 2.22. The number of aryl methyl sites for hydroxylation is 1. The van der Waals surface area contributed by atoms with Crippen LogP contribution >= 0.6 is 11.8 Å². The van der Waals surface area contributed by atoms with Crippen LogP contribution in [0, 0.1) is 6.92 Å². The van der Waals surface area contributed by atoms with Crippen molar-refractivity contribution in [3.8, 4) is 0 Å². The van der Waals surface area contributed by atoms with Crippen molar-refractivity contribution in [2.75, 3.05) is 24.2 Å². The first-order chi connectivity index (χ1) is 8.19. The van der Waals surface area contributed by atoms with Crippen LogP contribution in [0.25, 0.3) is 11.2 Å². The van der Waals surface area contributed by atoms with Gasteiger partial charge in [-0.1, -0.05) is 11.8 Å². The molecule has 0 radical (unpaired) electrons. The minimum absolute atomic E-state index is 0.753. The molecule has 17 heavy (non-hydrogen) atoms. The molecule has 0 aliphatic carbocycles. The summed E-state index contributed by atoms with van der Waals surface area (Å²) in [7, 11) is 0. The highest BCUT2D eigenvalue weighted by molar-refractivity contribution is 7.98. The summed E-state index contributed by atoms with van der Waals surface area (Å²) in [6.45, 7) is 8.04. The van der Waals surface area contributed by atoms with Crippen molar-refractivity contribution in [2.24, 2.45) is 0 Å². The molecule has 0 aromatic carbocycles. The number of anilines is 1. The minimum atomic E-state index is 0.753. The van der Waals surface area contributed by atoms with Gasteiger partial charge in [-0.2, -0.15) is 0 Å². The predicted octanol–water partition coefficient (Wildman–Crippen LogP) is 2.23. The molecule has 0 bridgehead atoms. The molecule has 0 fully saturated rings. The van der Waals surface area contributed by atoms with Gasteiger partial charge in [0.25, 0.3) is 0 Å². The number of nitrogens with one attached hydrogen (secondary N) is 1. The number of thioether (sulfide) groups is 1.